The van der Waals surface area contributed by atoms with Gasteiger partial charge in [-0.1, -0.05) is 5.57 Å². The van der Waals surface area contributed by atoms with E-state index >= 15 is 0 Å². The number of benzene rings is 1. The number of halogens is 1. The number of carbonyl (C=O) groups excluding carboxylic acids is 1. The number of carbonyl (C=O) groups is 1. The normalized spacial score (nSPS) is 20.0. The largest absolute Gasteiger partial charge is 0.291 e. The molecular formula is C23H20FN7O3S2. The van der Waals surface area contributed by atoms with Crippen LogP contribution in [0.2, 0.25) is 0 Å². The van der Waals surface area contributed by atoms with Gasteiger partial charge >= 0.3 is 0 Å². The predicted octanol–water partition coefficient (Wildman–Crippen LogP) is 2.50. The summed E-state index contributed by atoms with van der Waals surface area (Å²) in [4.78, 5) is 19.4. The van der Waals surface area contributed by atoms with Gasteiger partial charge in [0, 0.05) is 25.5 Å². The smallest absolute Gasteiger partial charge is 0.264 e. The van der Waals surface area contributed by atoms with Crippen molar-refractivity contribution >= 4 is 33.2 Å². The Bertz CT molecular complexity index is 1610. The molecule has 184 valence electrons. The third kappa shape index (κ3) is 3.53. The molecule has 0 spiro atoms. The van der Waals surface area contributed by atoms with Crippen LogP contribution in [-0.2, 0) is 23.5 Å². The van der Waals surface area contributed by atoms with Crippen LogP contribution in [0.25, 0.3) is 11.8 Å². The Labute approximate surface area is 209 Å². The fourth-order valence-electron chi connectivity index (χ4n) is 4.96. The molecule has 4 heterocycles. The van der Waals surface area contributed by atoms with Crippen molar-refractivity contribution in [3.05, 3.63) is 75.9 Å². The van der Waals surface area contributed by atoms with Crippen LogP contribution in [0.3, 0.4) is 0 Å². The lowest BCUT2D eigenvalue weighted by atomic mass is 9.65. The molecule has 1 saturated heterocycles. The maximum atomic E-state index is 13.9. The number of aryl methyl sites for hydroxylation is 1. The van der Waals surface area contributed by atoms with E-state index in [0.29, 0.717) is 17.8 Å². The SMILES string of the molecule is Cn1ncc(S(=O)(=O)N2CCC3=Cc4c(cnn4-c4ccc(F)cc4)CC3(C(=O)c3cscn3)C2)n1. The Morgan fingerprint density at radius 1 is 1.17 bits per heavy atom. The first-order chi connectivity index (χ1) is 17.3. The highest BCUT2D eigenvalue weighted by atomic mass is 32.2. The third-order valence-electron chi connectivity index (χ3n) is 6.73. The lowest BCUT2D eigenvalue weighted by Crippen LogP contribution is -2.53. The lowest BCUT2D eigenvalue weighted by Gasteiger charge is -2.44. The van der Waals surface area contributed by atoms with Gasteiger partial charge in [-0.15, -0.1) is 16.4 Å². The van der Waals surface area contributed by atoms with Crippen LogP contribution in [0.4, 0.5) is 4.39 Å². The second kappa shape index (κ2) is 8.25. The summed E-state index contributed by atoms with van der Waals surface area (Å²) in [5.41, 5.74) is 3.86. The molecule has 0 amide bonds. The molecule has 3 aromatic heterocycles. The average molecular weight is 526 g/mol. The van der Waals surface area contributed by atoms with Crippen LogP contribution in [0, 0.1) is 11.2 Å². The highest BCUT2D eigenvalue weighted by Crippen LogP contribution is 2.47. The minimum atomic E-state index is -3.97. The van der Waals surface area contributed by atoms with Gasteiger partial charge in [0.05, 0.1) is 34.7 Å². The molecule has 1 fully saturated rings. The maximum absolute atomic E-state index is 13.9. The van der Waals surface area contributed by atoms with Crippen LogP contribution in [0.1, 0.15) is 28.2 Å². The molecule has 1 aromatic carbocycles. The van der Waals surface area contributed by atoms with Crippen molar-refractivity contribution in [2.75, 3.05) is 13.1 Å². The van der Waals surface area contributed by atoms with Gasteiger partial charge in [0.15, 0.2) is 5.78 Å². The fraction of sp³-hybridized carbons (Fsp3) is 0.261. The molecule has 4 aromatic rings. The number of thiazole rings is 1. The van der Waals surface area contributed by atoms with Crippen LogP contribution in [-0.4, -0.2) is 61.4 Å². The maximum Gasteiger partial charge on any atom is 0.264 e. The number of hydrogen-bond donors (Lipinski definition) is 0. The van der Waals surface area contributed by atoms with Gasteiger partial charge in [0.25, 0.3) is 10.0 Å². The topological polar surface area (TPSA) is 116 Å². The molecule has 2 aliphatic rings. The van der Waals surface area contributed by atoms with Crippen molar-refractivity contribution in [2.45, 2.75) is 17.9 Å². The van der Waals surface area contributed by atoms with E-state index in [9.17, 15) is 17.6 Å². The summed E-state index contributed by atoms with van der Waals surface area (Å²) in [6.07, 6.45) is 5.42. The summed E-state index contributed by atoms with van der Waals surface area (Å²) in [5.74, 6) is -0.572. The van der Waals surface area contributed by atoms with Crippen LogP contribution >= 0.6 is 11.3 Å². The molecule has 36 heavy (non-hydrogen) atoms. The number of rotatable bonds is 5. The van der Waals surface area contributed by atoms with E-state index in [1.165, 1.54) is 38.8 Å². The molecule has 0 N–H and O–H groups in total. The van der Waals surface area contributed by atoms with Crippen molar-refractivity contribution in [1.82, 2.24) is 34.1 Å². The number of fused-ring (bicyclic) bond motifs is 2. The molecule has 0 bridgehead atoms. The first-order valence-electron chi connectivity index (χ1n) is 11.1. The summed E-state index contributed by atoms with van der Waals surface area (Å²) in [5, 5.41) is 13.9. The van der Waals surface area contributed by atoms with E-state index in [1.54, 1.807) is 40.9 Å². The number of sulfonamides is 1. The Morgan fingerprint density at radius 2 is 1.97 bits per heavy atom. The highest BCUT2D eigenvalue weighted by Gasteiger charge is 2.51. The van der Waals surface area contributed by atoms with E-state index in [2.05, 4.69) is 20.3 Å². The zero-order valence-electron chi connectivity index (χ0n) is 19.1. The Morgan fingerprint density at radius 3 is 2.67 bits per heavy atom. The Balaban J connectivity index is 1.45. The second-order valence-electron chi connectivity index (χ2n) is 8.84. The summed E-state index contributed by atoms with van der Waals surface area (Å²) >= 11 is 1.31. The minimum Gasteiger partial charge on any atom is -0.291 e. The minimum absolute atomic E-state index is 0.0464. The predicted molar refractivity (Wildman–Crippen MR) is 128 cm³/mol. The van der Waals surface area contributed by atoms with Crippen molar-refractivity contribution in [3.63, 3.8) is 0 Å². The number of ketones is 1. The summed E-state index contributed by atoms with van der Waals surface area (Å²) < 4.78 is 43.3. The van der Waals surface area contributed by atoms with Crippen molar-refractivity contribution in [1.29, 1.82) is 0 Å². The number of aromatic nitrogens is 6. The molecule has 1 unspecified atom stereocenters. The van der Waals surface area contributed by atoms with E-state index in [1.807, 2.05) is 6.08 Å². The molecule has 1 aliphatic heterocycles. The second-order valence-corrected chi connectivity index (χ2v) is 11.4. The van der Waals surface area contributed by atoms with Crippen molar-refractivity contribution in [3.8, 4) is 5.69 Å². The molecular weight excluding hydrogens is 505 g/mol. The number of nitrogens with zero attached hydrogens (tertiary/aromatic N) is 7. The molecule has 1 aliphatic carbocycles. The molecule has 0 radical (unpaired) electrons. The van der Waals surface area contributed by atoms with E-state index < -0.39 is 15.4 Å². The summed E-state index contributed by atoms with van der Waals surface area (Å²) in [6, 6.07) is 6.01. The number of Topliss-reactive ketones (excluding diaryl/α,β-unsaturated/α-hetero) is 1. The molecule has 13 heteroatoms. The first kappa shape index (κ1) is 22.9. The van der Waals surface area contributed by atoms with Gasteiger partial charge in [-0.25, -0.2) is 22.5 Å². The van der Waals surface area contributed by atoms with Gasteiger partial charge in [-0.05, 0) is 48.7 Å². The van der Waals surface area contributed by atoms with Crippen LogP contribution in [0.5, 0.6) is 0 Å². The van der Waals surface area contributed by atoms with Gasteiger partial charge in [-0.2, -0.15) is 19.3 Å². The zero-order chi connectivity index (χ0) is 25.1. The van der Waals surface area contributed by atoms with Crippen LogP contribution in [0.15, 0.2) is 58.1 Å². The number of piperidine rings is 1. The highest BCUT2D eigenvalue weighted by molar-refractivity contribution is 7.89. The van der Waals surface area contributed by atoms with Gasteiger partial charge in [0.1, 0.15) is 11.5 Å². The standard InChI is InChI=1S/C23H20FN7O3S2/c1-29-26-11-21(28-29)36(33,34)30-7-6-16-8-20-15(10-27-31(20)18-4-2-17(24)3-5-18)9-23(16,13-30)22(32)19-12-35-14-25-19/h2-5,8,10-12,14H,6-7,9,13H2,1H3. The first-order valence-corrected chi connectivity index (χ1v) is 13.5. The van der Waals surface area contributed by atoms with Crippen molar-refractivity contribution < 1.29 is 17.6 Å². The van der Waals surface area contributed by atoms with Gasteiger partial charge in [0.2, 0.25) is 5.03 Å². The Hall–Kier alpha value is -3.55. The monoisotopic (exact) mass is 525 g/mol. The van der Waals surface area contributed by atoms with Crippen LogP contribution < -0.4 is 0 Å². The fourth-order valence-corrected chi connectivity index (χ4v) is 6.88. The summed E-state index contributed by atoms with van der Waals surface area (Å²) in [7, 11) is -2.42. The van der Waals surface area contributed by atoms with E-state index in [0.717, 1.165) is 16.8 Å². The Kier molecular flexibility index (Phi) is 5.24. The quantitative estimate of drug-likeness (QED) is 0.368. The van der Waals surface area contributed by atoms with E-state index in [-0.39, 0.29) is 36.1 Å². The van der Waals surface area contributed by atoms with Gasteiger partial charge in [-0.3, -0.25) is 4.79 Å². The summed E-state index contributed by atoms with van der Waals surface area (Å²) in [6.45, 7) is 0.145. The zero-order valence-corrected chi connectivity index (χ0v) is 20.7. The molecule has 10 nitrogen and oxygen atoms in total. The van der Waals surface area contributed by atoms with E-state index in [4.69, 9.17) is 0 Å². The number of hydrogen-bond acceptors (Lipinski definition) is 8. The van der Waals surface area contributed by atoms with Gasteiger partial charge < -0.3 is 0 Å². The average Bonchev–Trinajstić information content (AvgIpc) is 3.63. The molecule has 1 atom stereocenters. The third-order valence-corrected chi connectivity index (χ3v) is 9.03. The molecule has 0 saturated carbocycles. The molecule has 6 rings (SSSR count). The lowest BCUT2D eigenvalue weighted by molar-refractivity contribution is 0.0770. The van der Waals surface area contributed by atoms with Crippen molar-refractivity contribution in [2.24, 2.45) is 12.5 Å².